The van der Waals surface area contributed by atoms with Gasteiger partial charge in [-0.15, -0.1) is 0 Å². The number of fused-ring (bicyclic) bond motifs is 1. The molecule has 2 aromatic carbocycles. The highest BCUT2D eigenvalue weighted by Crippen LogP contribution is 2.21. The highest BCUT2D eigenvalue weighted by Gasteiger charge is 2.12. The molecule has 0 aliphatic rings. The summed E-state index contributed by atoms with van der Waals surface area (Å²) in [6, 6.07) is 9.91. The van der Waals surface area contributed by atoms with Crippen LogP contribution in [0.1, 0.15) is 17.3 Å². The number of carbonyl (C=O) groups is 1. The summed E-state index contributed by atoms with van der Waals surface area (Å²) in [7, 11) is 0. The van der Waals surface area contributed by atoms with Crippen molar-refractivity contribution in [2.45, 2.75) is 12.2 Å². The molecule has 2 rings (SSSR count). The zero-order valence-corrected chi connectivity index (χ0v) is 11.8. The lowest BCUT2D eigenvalue weighted by atomic mass is 10.0. The maximum atomic E-state index is 13.7. The lowest BCUT2D eigenvalue weighted by Crippen LogP contribution is -2.29. The molecule has 2 aromatic rings. The largest absolute Gasteiger partial charge is 0.351 e. The van der Waals surface area contributed by atoms with Crippen LogP contribution >= 0.6 is 11.8 Å². The van der Waals surface area contributed by atoms with Gasteiger partial charge in [-0.25, -0.2) is 4.39 Å². The third-order valence-electron chi connectivity index (χ3n) is 3.07. The highest BCUT2D eigenvalue weighted by molar-refractivity contribution is 7.99. The van der Waals surface area contributed by atoms with Crippen molar-refractivity contribution in [1.29, 1.82) is 0 Å². The molecule has 0 saturated heterocycles. The number of hydrogen-bond donors (Lipinski definition) is 1. The van der Waals surface area contributed by atoms with Gasteiger partial charge in [0, 0.05) is 22.7 Å². The second kappa shape index (κ2) is 6.06. The smallest absolute Gasteiger partial charge is 0.251 e. The highest BCUT2D eigenvalue weighted by atomic mass is 32.2. The number of rotatable bonds is 4. The van der Waals surface area contributed by atoms with Crippen molar-refractivity contribution in [3.05, 3.63) is 47.8 Å². The third-order valence-corrected chi connectivity index (χ3v) is 4.04. The summed E-state index contributed by atoms with van der Waals surface area (Å²) in [5.74, 6) is -0.457. The van der Waals surface area contributed by atoms with Crippen LogP contribution in [0.15, 0.2) is 36.4 Å². The van der Waals surface area contributed by atoms with Gasteiger partial charge in [-0.05, 0) is 23.8 Å². The van der Waals surface area contributed by atoms with Crippen LogP contribution in [0.3, 0.4) is 0 Å². The second-order valence-electron chi connectivity index (χ2n) is 4.40. The summed E-state index contributed by atoms with van der Waals surface area (Å²) >= 11 is 1.69. The molecule has 100 valence electrons. The summed E-state index contributed by atoms with van der Waals surface area (Å²) in [6.45, 7) is 2.65. The first-order valence-corrected chi connectivity index (χ1v) is 7.40. The molecule has 0 radical (unpaired) electrons. The summed E-state index contributed by atoms with van der Waals surface area (Å²) < 4.78 is 13.7. The van der Waals surface area contributed by atoms with Gasteiger partial charge in [-0.1, -0.05) is 31.2 Å². The van der Waals surface area contributed by atoms with E-state index < -0.39 is 0 Å². The molecule has 1 N–H and O–H groups in total. The standard InChI is InChI=1S/C15H16FNOS/c1-10(19-2)9-17-15(18)13-7-8-14(16)12-6-4-3-5-11(12)13/h3-8,10H,9H2,1-2H3,(H,17,18). The van der Waals surface area contributed by atoms with Gasteiger partial charge in [0.15, 0.2) is 0 Å². The minimum absolute atomic E-state index is 0.155. The van der Waals surface area contributed by atoms with E-state index >= 15 is 0 Å². The van der Waals surface area contributed by atoms with Crippen LogP contribution in [-0.2, 0) is 0 Å². The van der Waals surface area contributed by atoms with E-state index in [1.54, 1.807) is 30.0 Å². The zero-order valence-electron chi connectivity index (χ0n) is 10.9. The predicted molar refractivity (Wildman–Crippen MR) is 79.2 cm³/mol. The van der Waals surface area contributed by atoms with Gasteiger partial charge >= 0.3 is 0 Å². The van der Waals surface area contributed by atoms with Crippen molar-refractivity contribution >= 4 is 28.4 Å². The molecule has 1 atom stereocenters. The van der Waals surface area contributed by atoms with Gasteiger partial charge in [-0.2, -0.15) is 11.8 Å². The first-order chi connectivity index (χ1) is 9.13. The fourth-order valence-electron chi connectivity index (χ4n) is 1.88. The molecule has 0 fully saturated rings. The Kier molecular flexibility index (Phi) is 4.43. The van der Waals surface area contributed by atoms with Crippen molar-refractivity contribution in [3.63, 3.8) is 0 Å². The van der Waals surface area contributed by atoms with Crippen LogP contribution in [0.5, 0.6) is 0 Å². The molecule has 0 heterocycles. The molecule has 1 unspecified atom stereocenters. The van der Waals surface area contributed by atoms with Crippen LogP contribution in [-0.4, -0.2) is 24.0 Å². The van der Waals surface area contributed by atoms with Crippen molar-refractivity contribution in [1.82, 2.24) is 5.32 Å². The number of thioether (sulfide) groups is 1. The Morgan fingerprint density at radius 1 is 1.26 bits per heavy atom. The summed E-state index contributed by atoms with van der Waals surface area (Å²) in [6.07, 6.45) is 2.00. The molecule has 4 heteroatoms. The quantitative estimate of drug-likeness (QED) is 0.927. The number of halogens is 1. The minimum atomic E-state index is -0.301. The Morgan fingerprint density at radius 3 is 2.63 bits per heavy atom. The summed E-state index contributed by atoms with van der Waals surface area (Å²) in [5.41, 5.74) is 0.519. The zero-order chi connectivity index (χ0) is 13.8. The first kappa shape index (κ1) is 13.9. The molecular formula is C15H16FNOS. The molecule has 0 aromatic heterocycles. The minimum Gasteiger partial charge on any atom is -0.351 e. The Morgan fingerprint density at radius 2 is 1.95 bits per heavy atom. The Bertz CT molecular complexity index is 600. The molecule has 1 amide bonds. The first-order valence-electron chi connectivity index (χ1n) is 6.11. The molecule has 0 bridgehead atoms. The van der Waals surface area contributed by atoms with E-state index in [2.05, 4.69) is 5.32 Å². The maximum Gasteiger partial charge on any atom is 0.251 e. The van der Waals surface area contributed by atoms with E-state index in [1.807, 2.05) is 19.2 Å². The van der Waals surface area contributed by atoms with Gasteiger partial charge in [0.1, 0.15) is 5.82 Å². The van der Waals surface area contributed by atoms with E-state index in [4.69, 9.17) is 0 Å². The van der Waals surface area contributed by atoms with Crippen LogP contribution in [0.4, 0.5) is 4.39 Å². The van der Waals surface area contributed by atoms with Gasteiger partial charge in [0.05, 0.1) is 0 Å². The lowest BCUT2D eigenvalue weighted by Gasteiger charge is -2.11. The van der Waals surface area contributed by atoms with E-state index in [-0.39, 0.29) is 11.7 Å². The average molecular weight is 277 g/mol. The molecule has 0 aliphatic carbocycles. The fourth-order valence-corrected chi connectivity index (χ4v) is 2.13. The molecule has 2 nitrogen and oxygen atoms in total. The average Bonchev–Trinajstić information content (AvgIpc) is 2.45. The second-order valence-corrected chi connectivity index (χ2v) is 5.67. The molecule has 19 heavy (non-hydrogen) atoms. The van der Waals surface area contributed by atoms with Crippen molar-refractivity contribution in [3.8, 4) is 0 Å². The third kappa shape index (κ3) is 3.07. The van der Waals surface area contributed by atoms with Gasteiger partial charge in [0.2, 0.25) is 0 Å². The Labute approximate surface area is 116 Å². The van der Waals surface area contributed by atoms with Crippen LogP contribution < -0.4 is 5.32 Å². The summed E-state index contributed by atoms with van der Waals surface area (Å²) in [5, 5.41) is 4.37. The Balaban J connectivity index is 2.30. The SMILES string of the molecule is CSC(C)CNC(=O)c1ccc(F)c2ccccc12. The van der Waals surface area contributed by atoms with Gasteiger partial charge < -0.3 is 5.32 Å². The Hall–Kier alpha value is -1.55. The lowest BCUT2D eigenvalue weighted by molar-refractivity contribution is 0.0956. The van der Waals surface area contributed by atoms with E-state index in [1.165, 1.54) is 12.1 Å². The predicted octanol–water partition coefficient (Wildman–Crippen LogP) is 3.46. The summed E-state index contributed by atoms with van der Waals surface area (Å²) in [4.78, 5) is 12.1. The fraction of sp³-hybridized carbons (Fsp3) is 0.267. The van der Waals surface area contributed by atoms with Gasteiger partial charge in [0.25, 0.3) is 5.91 Å². The number of benzene rings is 2. The molecule has 0 aliphatic heterocycles. The molecule has 0 spiro atoms. The van der Waals surface area contributed by atoms with E-state index in [9.17, 15) is 9.18 Å². The van der Waals surface area contributed by atoms with Crippen LogP contribution in [0, 0.1) is 5.82 Å². The van der Waals surface area contributed by atoms with Crippen molar-refractivity contribution in [2.75, 3.05) is 12.8 Å². The number of amides is 1. The van der Waals surface area contributed by atoms with E-state index in [0.717, 1.165) is 0 Å². The van der Waals surface area contributed by atoms with E-state index in [0.29, 0.717) is 28.1 Å². The number of nitrogens with one attached hydrogen (secondary N) is 1. The molecular weight excluding hydrogens is 261 g/mol. The maximum absolute atomic E-state index is 13.7. The van der Waals surface area contributed by atoms with Crippen molar-refractivity contribution < 1.29 is 9.18 Å². The molecule has 0 saturated carbocycles. The van der Waals surface area contributed by atoms with Gasteiger partial charge in [-0.3, -0.25) is 4.79 Å². The number of hydrogen-bond acceptors (Lipinski definition) is 2. The van der Waals surface area contributed by atoms with Crippen molar-refractivity contribution in [2.24, 2.45) is 0 Å². The van der Waals surface area contributed by atoms with Crippen LogP contribution in [0.2, 0.25) is 0 Å². The van der Waals surface area contributed by atoms with Crippen LogP contribution in [0.25, 0.3) is 10.8 Å². The number of carbonyl (C=O) groups excluding carboxylic acids is 1. The topological polar surface area (TPSA) is 29.1 Å². The normalized spacial score (nSPS) is 12.4. The monoisotopic (exact) mass is 277 g/mol.